The van der Waals surface area contributed by atoms with Gasteiger partial charge in [0.15, 0.2) is 5.65 Å². The Morgan fingerprint density at radius 3 is 2.82 bits per heavy atom. The van der Waals surface area contributed by atoms with Gasteiger partial charge in [-0.15, -0.1) is 0 Å². The van der Waals surface area contributed by atoms with Gasteiger partial charge < -0.3 is 11.1 Å². The van der Waals surface area contributed by atoms with E-state index in [4.69, 9.17) is 11.1 Å². The molecule has 0 aliphatic rings. The SMILES string of the molecule is N=C(CN)c1nn(Cc2ccc(F)cc2F)c2ncccc12. The van der Waals surface area contributed by atoms with Crippen LogP contribution in [0.25, 0.3) is 11.0 Å². The fraction of sp³-hybridized carbons (Fsp3) is 0.133. The highest BCUT2D eigenvalue weighted by molar-refractivity contribution is 6.07. The predicted octanol–water partition coefficient (Wildman–Crippen LogP) is 2.08. The Kier molecular flexibility index (Phi) is 3.64. The first-order chi connectivity index (χ1) is 10.6. The molecule has 112 valence electrons. The van der Waals surface area contributed by atoms with Gasteiger partial charge in [0.2, 0.25) is 0 Å². The summed E-state index contributed by atoms with van der Waals surface area (Å²) in [5.41, 5.74) is 6.92. The lowest BCUT2D eigenvalue weighted by Gasteiger charge is -2.04. The third-order valence-electron chi connectivity index (χ3n) is 3.33. The van der Waals surface area contributed by atoms with E-state index in [0.29, 0.717) is 22.3 Å². The minimum atomic E-state index is -0.643. The van der Waals surface area contributed by atoms with Gasteiger partial charge in [-0.05, 0) is 18.2 Å². The topological polar surface area (TPSA) is 80.6 Å². The van der Waals surface area contributed by atoms with E-state index >= 15 is 0 Å². The summed E-state index contributed by atoms with van der Waals surface area (Å²) in [5.74, 6) is -1.27. The quantitative estimate of drug-likeness (QED) is 0.724. The van der Waals surface area contributed by atoms with Crippen molar-refractivity contribution in [3.8, 4) is 0 Å². The lowest BCUT2D eigenvalue weighted by molar-refractivity contribution is 0.560. The molecular formula is C15H13F2N5. The summed E-state index contributed by atoms with van der Waals surface area (Å²) in [6, 6.07) is 6.92. The van der Waals surface area contributed by atoms with Gasteiger partial charge in [0.1, 0.15) is 17.3 Å². The van der Waals surface area contributed by atoms with Gasteiger partial charge in [0, 0.05) is 29.8 Å². The van der Waals surface area contributed by atoms with Crippen LogP contribution in [0.2, 0.25) is 0 Å². The summed E-state index contributed by atoms with van der Waals surface area (Å²) in [4.78, 5) is 4.23. The second-order valence-electron chi connectivity index (χ2n) is 4.80. The Bertz CT molecular complexity index is 856. The number of aromatic nitrogens is 3. The Morgan fingerprint density at radius 2 is 2.09 bits per heavy atom. The van der Waals surface area contributed by atoms with Gasteiger partial charge in [0.05, 0.1) is 12.3 Å². The van der Waals surface area contributed by atoms with Crippen molar-refractivity contribution in [2.24, 2.45) is 5.73 Å². The number of benzene rings is 1. The first kappa shape index (κ1) is 14.3. The zero-order valence-electron chi connectivity index (χ0n) is 11.6. The second kappa shape index (κ2) is 5.61. The maximum absolute atomic E-state index is 13.8. The molecule has 0 bridgehead atoms. The van der Waals surface area contributed by atoms with Gasteiger partial charge in [-0.2, -0.15) is 5.10 Å². The summed E-state index contributed by atoms with van der Waals surface area (Å²) < 4.78 is 28.3. The average molecular weight is 301 g/mol. The predicted molar refractivity (Wildman–Crippen MR) is 78.9 cm³/mol. The Balaban J connectivity index is 2.09. The van der Waals surface area contributed by atoms with Crippen molar-refractivity contribution in [2.75, 3.05) is 6.54 Å². The lowest BCUT2D eigenvalue weighted by atomic mass is 10.2. The highest BCUT2D eigenvalue weighted by Gasteiger charge is 2.15. The molecule has 0 radical (unpaired) electrons. The van der Waals surface area contributed by atoms with Crippen LogP contribution in [-0.4, -0.2) is 27.0 Å². The van der Waals surface area contributed by atoms with Crippen LogP contribution in [0.4, 0.5) is 8.78 Å². The van der Waals surface area contributed by atoms with Crippen LogP contribution in [0.1, 0.15) is 11.3 Å². The molecule has 1 aromatic carbocycles. The molecule has 7 heteroatoms. The molecule has 0 saturated carbocycles. The smallest absolute Gasteiger partial charge is 0.158 e. The van der Waals surface area contributed by atoms with Crippen molar-refractivity contribution in [2.45, 2.75) is 6.54 Å². The van der Waals surface area contributed by atoms with Crippen LogP contribution in [0.3, 0.4) is 0 Å². The molecule has 5 nitrogen and oxygen atoms in total. The maximum Gasteiger partial charge on any atom is 0.158 e. The molecule has 2 heterocycles. The van der Waals surface area contributed by atoms with E-state index in [1.165, 1.54) is 16.8 Å². The van der Waals surface area contributed by atoms with Crippen LogP contribution in [0.15, 0.2) is 36.5 Å². The van der Waals surface area contributed by atoms with Crippen molar-refractivity contribution in [1.29, 1.82) is 5.41 Å². The Hall–Kier alpha value is -2.67. The first-order valence-electron chi connectivity index (χ1n) is 6.63. The molecule has 3 rings (SSSR count). The summed E-state index contributed by atoms with van der Waals surface area (Å²) in [6.07, 6.45) is 1.59. The Labute approximate surface area is 124 Å². The van der Waals surface area contributed by atoms with Crippen molar-refractivity contribution in [1.82, 2.24) is 14.8 Å². The summed E-state index contributed by atoms with van der Waals surface area (Å²) in [7, 11) is 0. The fourth-order valence-electron chi connectivity index (χ4n) is 2.25. The van der Waals surface area contributed by atoms with Gasteiger partial charge >= 0.3 is 0 Å². The van der Waals surface area contributed by atoms with Crippen molar-refractivity contribution < 1.29 is 8.78 Å². The molecule has 0 spiro atoms. The molecule has 3 N–H and O–H groups in total. The van der Waals surface area contributed by atoms with Crippen LogP contribution < -0.4 is 5.73 Å². The van der Waals surface area contributed by atoms with Crippen LogP contribution in [0, 0.1) is 17.0 Å². The molecule has 0 saturated heterocycles. The molecular weight excluding hydrogens is 288 g/mol. The molecule has 0 fully saturated rings. The molecule has 22 heavy (non-hydrogen) atoms. The molecule has 0 aliphatic carbocycles. The highest BCUT2D eigenvalue weighted by Crippen LogP contribution is 2.19. The number of nitrogens with zero attached hydrogens (tertiary/aromatic N) is 3. The minimum absolute atomic E-state index is 0.0475. The van der Waals surface area contributed by atoms with Crippen LogP contribution in [-0.2, 0) is 6.54 Å². The molecule has 2 aromatic heterocycles. The fourth-order valence-corrected chi connectivity index (χ4v) is 2.25. The standard InChI is InChI=1S/C15H13F2N5/c16-10-4-3-9(12(17)6-10)8-22-15-11(2-1-5-20-15)14(21-22)13(19)7-18/h1-6,19H,7-8,18H2. The zero-order chi connectivity index (χ0) is 15.7. The normalized spacial score (nSPS) is 11.0. The van der Waals surface area contributed by atoms with E-state index in [2.05, 4.69) is 10.1 Å². The van der Waals surface area contributed by atoms with Crippen molar-refractivity contribution in [3.63, 3.8) is 0 Å². The number of hydrogen-bond acceptors (Lipinski definition) is 4. The van der Waals surface area contributed by atoms with E-state index in [-0.39, 0.29) is 18.8 Å². The third kappa shape index (κ3) is 2.46. The number of nitrogens with one attached hydrogen (secondary N) is 1. The number of hydrogen-bond donors (Lipinski definition) is 2. The third-order valence-corrected chi connectivity index (χ3v) is 3.33. The number of halogens is 2. The van der Waals surface area contributed by atoms with E-state index < -0.39 is 11.6 Å². The molecule has 0 atom stereocenters. The van der Waals surface area contributed by atoms with Crippen LogP contribution >= 0.6 is 0 Å². The van der Waals surface area contributed by atoms with E-state index in [9.17, 15) is 8.78 Å². The van der Waals surface area contributed by atoms with Crippen molar-refractivity contribution in [3.05, 3.63) is 59.4 Å². The second-order valence-corrected chi connectivity index (χ2v) is 4.80. The monoisotopic (exact) mass is 301 g/mol. The molecule has 3 aromatic rings. The molecule has 0 aliphatic heterocycles. The Morgan fingerprint density at radius 1 is 1.27 bits per heavy atom. The number of fused-ring (bicyclic) bond motifs is 1. The first-order valence-corrected chi connectivity index (χ1v) is 6.63. The number of nitrogens with two attached hydrogens (primary N) is 1. The lowest BCUT2D eigenvalue weighted by Crippen LogP contribution is -2.15. The summed E-state index contributed by atoms with van der Waals surface area (Å²) >= 11 is 0. The van der Waals surface area contributed by atoms with Gasteiger partial charge in [-0.3, -0.25) is 0 Å². The molecule has 0 unspecified atom stereocenters. The van der Waals surface area contributed by atoms with Crippen molar-refractivity contribution >= 4 is 16.7 Å². The summed E-state index contributed by atoms with van der Waals surface area (Å²) in [6.45, 7) is 0.142. The van der Waals surface area contributed by atoms with Gasteiger partial charge in [0.25, 0.3) is 0 Å². The van der Waals surface area contributed by atoms with Gasteiger partial charge in [-0.25, -0.2) is 18.4 Å². The van der Waals surface area contributed by atoms with E-state index in [0.717, 1.165) is 6.07 Å². The molecule has 0 amide bonds. The van der Waals surface area contributed by atoms with Crippen LogP contribution in [0.5, 0.6) is 0 Å². The zero-order valence-corrected chi connectivity index (χ0v) is 11.6. The largest absolute Gasteiger partial charge is 0.325 e. The van der Waals surface area contributed by atoms with E-state index in [1.807, 2.05) is 0 Å². The highest BCUT2D eigenvalue weighted by atomic mass is 19.1. The minimum Gasteiger partial charge on any atom is -0.325 e. The number of rotatable bonds is 4. The number of pyridine rings is 1. The van der Waals surface area contributed by atoms with Gasteiger partial charge in [-0.1, -0.05) is 6.07 Å². The summed E-state index contributed by atoms with van der Waals surface area (Å²) in [5, 5.41) is 12.9. The maximum atomic E-state index is 13.8. The average Bonchev–Trinajstić information content (AvgIpc) is 2.88. The van der Waals surface area contributed by atoms with E-state index in [1.54, 1.807) is 18.3 Å².